The molecule has 2 aromatic rings. The molecule has 0 fully saturated rings. The van der Waals surface area contributed by atoms with Gasteiger partial charge in [0.1, 0.15) is 22.6 Å². The van der Waals surface area contributed by atoms with Crippen molar-refractivity contribution in [2.75, 3.05) is 5.75 Å². The van der Waals surface area contributed by atoms with Gasteiger partial charge < -0.3 is 9.12 Å². The summed E-state index contributed by atoms with van der Waals surface area (Å²) in [6.07, 6.45) is 4.71. The van der Waals surface area contributed by atoms with E-state index in [1.807, 2.05) is 0 Å². The van der Waals surface area contributed by atoms with Gasteiger partial charge in [-0.05, 0) is 5.10 Å². The molecule has 0 aliphatic carbocycles. The molecule has 96 valence electrons. The van der Waals surface area contributed by atoms with Crippen molar-refractivity contribution < 1.29 is 17.7 Å². The van der Waals surface area contributed by atoms with Crippen LogP contribution in [0.5, 0.6) is 0 Å². The Kier molecular flexibility index (Phi) is 3.34. The van der Waals surface area contributed by atoms with Gasteiger partial charge in [-0.3, -0.25) is 0 Å². The summed E-state index contributed by atoms with van der Waals surface area (Å²) in [7, 11) is -2.41. The zero-order valence-corrected chi connectivity index (χ0v) is 10.4. The molecule has 0 amide bonds. The predicted molar refractivity (Wildman–Crippen MR) is 59.0 cm³/mol. The Labute approximate surface area is 104 Å². The van der Waals surface area contributed by atoms with Crippen LogP contribution < -0.4 is 4.68 Å². The first-order valence-corrected chi connectivity index (χ1v) is 6.67. The third-order valence-corrected chi connectivity index (χ3v) is 2.99. The van der Waals surface area contributed by atoms with Gasteiger partial charge >= 0.3 is 0 Å². The Morgan fingerprint density at radius 1 is 1.50 bits per heavy atom. The molecular weight excluding hydrogens is 258 g/mol. The second-order valence-corrected chi connectivity index (χ2v) is 5.23. The van der Waals surface area contributed by atoms with Gasteiger partial charge in [0.05, 0.1) is 5.75 Å². The maximum atomic E-state index is 10.5. The standard InChI is InChI=1S/C9H11N5O3S/c1-13-7-10-12-9(13)8-2-3-14(11-6-8)4-5-18(15,16)17/h2-3,6-7H,4-5H2,1H3. The monoisotopic (exact) mass is 269 g/mol. The molecule has 0 aliphatic rings. The number of nitrogens with zero attached hydrogens (tertiary/aromatic N) is 5. The van der Waals surface area contributed by atoms with Crippen LogP contribution in [-0.2, 0) is 23.7 Å². The maximum absolute atomic E-state index is 10.5. The lowest BCUT2D eigenvalue weighted by molar-refractivity contribution is -0.750. The van der Waals surface area contributed by atoms with Crippen LogP contribution in [0.3, 0.4) is 0 Å². The van der Waals surface area contributed by atoms with E-state index in [1.54, 1.807) is 36.4 Å². The molecule has 0 radical (unpaired) electrons. The van der Waals surface area contributed by atoms with Crippen LogP contribution in [0.25, 0.3) is 11.4 Å². The molecule has 0 saturated heterocycles. The molecular formula is C9H11N5O3S. The molecule has 0 bridgehead atoms. The average Bonchev–Trinajstić information content (AvgIpc) is 2.73. The highest BCUT2D eigenvalue weighted by atomic mass is 32.2. The van der Waals surface area contributed by atoms with Crippen LogP contribution in [0.15, 0.2) is 24.8 Å². The van der Waals surface area contributed by atoms with Gasteiger partial charge in [0.15, 0.2) is 18.6 Å². The van der Waals surface area contributed by atoms with Crippen molar-refractivity contribution >= 4 is 10.1 Å². The van der Waals surface area contributed by atoms with Crippen molar-refractivity contribution in [1.29, 1.82) is 0 Å². The number of hydrogen-bond acceptors (Lipinski definition) is 6. The summed E-state index contributed by atoms with van der Waals surface area (Å²) in [6, 6.07) is 1.73. The van der Waals surface area contributed by atoms with Crippen LogP contribution in [0.4, 0.5) is 0 Å². The first-order valence-electron chi connectivity index (χ1n) is 5.09. The fraction of sp³-hybridized carbons (Fsp3) is 0.333. The first-order chi connectivity index (χ1) is 8.46. The Balaban J connectivity index is 2.13. The fourth-order valence-electron chi connectivity index (χ4n) is 1.40. The lowest BCUT2D eigenvalue weighted by Crippen LogP contribution is -2.40. The summed E-state index contributed by atoms with van der Waals surface area (Å²) in [6.45, 7) is 0.0327. The van der Waals surface area contributed by atoms with E-state index in [0.717, 1.165) is 5.56 Å². The summed E-state index contributed by atoms with van der Waals surface area (Å²) in [5.74, 6) is 0.180. The SMILES string of the molecule is Cn1cnnc1-c1cc[n+](CCS(=O)(=O)[O-])nc1. The smallest absolute Gasteiger partial charge is 0.197 e. The minimum atomic E-state index is -4.22. The molecule has 0 aliphatic heterocycles. The molecule has 0 N–H and O–H groups in total. The quantitative estimate of drug-likeness (QED) is 0.505. The van der Waals surface area contributed by atoms with E-state index in [1.165, 1.54) is 4.68 Å². The van der Waals surface area contributed by atoms with Crippen molar-refractivity contribution in [3.05, 3.63) is 24.8 Å². The Hall–Kier alpha value is -1.87. The third kappa shape index (κ3) is 3.08. The molecule has 0 saturated carbocycles. The van der Waals surface area contributed by atoms with Crippen LogP contribution in [0.2, 0.25) is 0 Å². The van der Waals surface area contributed by atoms with Gasteiger partial charge in [-0.1, -0.05) is 4.68 Å². The molecule has 0 atom stereocenters. The maximum Gasteiger partial charge on any atom is 0.197 e. The van der Waals surface area contributed by atoms with Gasteiger partial charge in [0.2, 0.25) is 0 Å². The van der Waals surface area contributed by atoms with E-state index in [0.29, 0.717) is 5.82 Å². The number of aromatic nitrogens is 5. The van der Waals surface area contributed by atoms with Gasteiger partial charge in [-0.25, -0.2) is 8.42 Å². The van der Waals surface area contributed by atoms with E-state index in [2.05, 4.69) is 15.3 Å². The topological polar surface area (TPSA) is 105 Å². The lowest BCUT2D eigenvalue weighted by Gasteiger charge is -2.02. The highest BCUT2D eigenvalue weighted by molar-refractivity contribution is 7.85. The van der Waals surface area contributed by atoms with Crippen LogP contribution >= 0.6 is 0 Å². The third-order valence-electron chi connectivity index (χ3n) is 2.31. The van der Waals surface area contributed by atoms with Gasteiger partial charge in [-0.15, -0.1) is 10.2 Å². The Bertz CT molecular complexity index is 634. The molecule has 8 nitrogen and oxygen atoms in total. The number of aryl methyl sites for hydroxylation is 2. The van der Waals surface area contributed by atoms with E-state index >= 15 is 0 Å². The molecule has 2 aromatic heterocycles. The predicted octanol–water partition coefficient (Wildman–Crippen LogP) is -1.29. The van der Waals surface area contributed by atoms with Gasteiger partial charge in [0.25, 0.3) is 0 Å². The van der Waals surface area contributed by atoms with E-state index in [-0.39, 0.29) is 6.54 Å². The largest absolute Gasteiger partial charge is 0.748 e. The molecule has 2 heterocycles. The van der Waals surface area contributed by atoms with Crippen molar-refractivity contribution in [2.45, 2.75) is 6.54 Å². The summed E-state index contributed by atoms with van der Waals surface area (Å²) in [5, 5.41) is 11.7. The highest BCUT2D eigenvalue weighted by Crippen LogP contribution is 2.11. The zero-order valence-electron chi connectivity index (χ0n) is 9.59. The number of rotatable bonds is 4. The van der Waals surface area contributed by atoms with E-state index in [9.17, 15) is 13.0 Å². The van der Waals surface area contributed by atoms with Crippen molar-refractivity contribution in [3.8, 4) is 11.4 Å². The highest BCUT2D eigenvalue weighted by Gasteiger charge is 2.09. The van der Waals surface area contributed by atoms with Crippen molar-refractivity contribution in [3.63, 3.8) is 0 Å². The second-order valence-electron chi connectivity index (χ2n) is 3.71. The summed E-state index contributed by atoms with van der Waals surface area (Å²) in [4.78, 5) is 0. The molecule has 9 heteroatoms. The molecule has 18 heavy (non-hydrogen) atoms. The van der Waals surface area contributed by atoms with Crippen molar-refractivity contribution in [1.82, 2.24) is 19.9 Å². The molecule has 2 rings (SSSR count). The first kappa shape index (κ1) is 12.6. The van der Waals surface area contributed by atoms with Crippen LogP contribution in [0.1, 0.15) is 0 Å². The fourth-order valence-corrected chi connectivity index (χ4v) is 1.81. The second kappa shape index (κ2) is 4.78. The summed E-state index contributed by atoms with van der Waals surface area (Å²) >= 11 is 0. The Morgan fingerprint density at radius 3 is 2.78 bits per heavy atom. The normalized spacial score (nSPS) is 11.7. The van der Waals surface area contributed by atoms with Crippen LogP contribution in [0, 0.1) is 0 Å². The zero-order chi connectivity index (χ0) is 13.2. The average molecular weight is 269 g/mol. The van der Waals surface area contributed by atoms with E-state index < -0.39 is 15.9 Å². The lowest BCUT2D eigenvalue weighted by atomic mass is 10.3. The molecule has 0 unspecified atom stereocenters. The van der Waals surface area contributed by atoms with Crippen molar-refractivity contribution in [2.24, 2.45) is 7.05 Å². The Morgan fingerprint density at radius 2 is 2.28 bits per heavy atom. The van der Waals surface area contributed by atoms with Gasteiger partial charge in [-0.2, -0.15) is 0 Å². The number of hydrogen-bond donors (Lipinski definition) is 0. The summed E-state index contributed by atoms with van der Waals surface area (Å²) in [5.41, 5.74) is 0.760. The van der Waals surface area contributed by atoms with Gasteiger partial charge in [0, 0.05) is 18.7 Å². The minimum absolute atomic E-state index is 0.0327. The summed E-state index contributed by atoms with van der Waals surface area (Å²) < 4.78 is 34.6. The molecule has 0 spiro atoms. The molecule has 0 aromatic carbocycles. The van der Waals surface area contributed by atoms with Crippen LogP contribution in [-0.4, -0.2) is 38.6 Å². The van der Waals surface area contributed by atoms with E-state index in [4.69, 9.17) is 0 Å². The minimum Gasteiger partial charge on any atom is -0.748 e.